The number of aliphatic hydroxyl groups excluding tert-OH is 1. The Kier molecular flexibility index (Phi) is 6.16. The molecular formula is C21H22F2N4O. The molecule has 1 aromatic heterocycles. The zero-order valence-electron chi connectivity index (χ0n) is 15.7. The summed E-state index contributed by atoms with van der Waals surface area (Å²) in [6.07, 6.45) is 0. The second kappa shape index (κ2) is 8.75. The third-order valence-corrected chi connectivity index (χ3v) is 4.31. The highest BCUT2D eigenvalue weighted by atomic mass is 19.1. The zero-order chi connectivity index (χ0) is 20.1. The minimum Gasteiger partial charge on any atom is -0.394 e. The van der Waals surface area contributed by atoms with E-state index in [1.165, 1.54) is 12.1 Å². The number of rotatable bonds is 7. The van der Waals surface area contributed by atoms with Crippen molar-refractivity contribution in [2.24, 2.45) is 5.92 Å². The van der Waals surface area contributed by atoms with Crippen LogP contribution in [0.25, 0.3) is 11.3 Å². The minimum atomic E-state index is -0.718. The zero-order valence-corrected chi connectivity index (χ0v) is 15.7. The Hall–Kier alpha value is -3.06. The number of nitrogens with one attached hydrogen (secondary N) is 2. The average molecular weight is 384 g/mol. The summed E-state index contributed by atoms with van der Waals surface area (Å²) in [5, 5.41) is 15.6. The molecule has 3 rings (SSSR count). The number of hydrogen-bond donors (Lipinski definition) is 3. The largest absolute Gasteiger partial charge is 0.394 e. The van der Waals surface area contributed by atoms with Crippen molar-refractivity contribution < 1.29 is 13.9 Å². The molecule has 3 N–H and O–H groups in total. The number of anilines is 3. The van der Waals surface area contributed by atoms with Crippen LogP contribution in [0.3, 0.4) is 0 Å². The molecular weight excluding hydrogens is 362 g/mol. The molecule has 5 nitrogen and oxygen atoms in total. The highest BCUT2D eigenvalue weighted by molar-refractivity contribution is 5.67. The van der Waals surface area contributed by atoms with Crippen LogP contribution in [-0.2, 0) is 0 Å². The van der Waals surface area contributed by atoms with Crippen LogP contribution in [-0.4, -0.2) is 27.7 Å². The summed E-state index contributed by atoms with van der Waals surface area (Å²) in [6, 6.07) is 14.2. The smallest absolute Gasteiger partial charge is 0.225 e. The fourth-order valence-electron chi connectivity index (χ4n) is 2.65. The predicted molar refractivity (Wildman–Crippen MR) is 106 cm³/mol. The number of hydrogen-bond acceptors (Lipinski definition) is 5. The van der Waals surface area contributed by atoms with Gasteiger partial charge in [0.15, 0.2) is 0 Å². The second-order valence-electron chi connectivity index (χ2n) is 6.75. The van der Waals surface area contributed by atoms with Gasteiger partial charge in [0.2, 0.25) is 5.95 Å². The van der Waals surface area contributed by atoms with Gasteiger partial charge in [-0.25, -0.2) is 13.8 Å². The Morgan fingerprint density at radius 2 is 1.75 bits per heavy atom. The molecule has 0 saturated heterocycles. The first-order valence-corrected chi connectivity index (χ1v) is 9.00. The van der Waals surface area contributed by atoms with Gasteiger partial charge in [0.05, 0.1) is 24.0 Å². The lowest BCUT2D eigenvalue weighted by atomic mass is 10.1. The fraction of sp³-hybridized carbons (Fsp3) is 0.238. The summed E-state index contributed by atoms with van der Waals surface area (Å²) in [5.41, 5.74) is 1.59. The van der Waals surface area contributed by atoms with Crippen LogP contribution in [0.1, 0.15) is 13.8 Å². The van der Waals surface area contributed by atoms with Crippen LogP contribution >= 0.6 is 0 Å². The molecule has 1 atom stereocenters. The van der Waals surface area contributed by atoms with Crippen LogP contribution in [0, 0.1) is 17.6 Å². The normalized spacial score (nSPS) is 12.1. The number of aliphatic hydroxyl groups is 1. The average Bonchev–Trinajstić information content (AvgIpc) is 2.68. The van der Waals surface area contributed by atoms with E-state index in [1.807, 2.05) is 44.2 Å². The van der Waals surface area contributed by atoms with E-state index in [0.717, 1.165) is 11.6 Å². The topological polar surface area (TPSA) is 70.1 Å². The molecule has 0 fully saturated rings. The summed E-state index contributed by atoms with van der Waals surface area (Å²) >= 11 is 0. The van der Waals surface area contributed by atoms with Gasteiger partial charge in [-0.2, -0.15) is 4.98 Å². The van der Waals surface area contributed by atoms with Gasteiger partial charge in [0.1, 0.15) is 17.5 Å². The minimum absolute atomic E-state index is 0.0774. The summed E-state index contributed by atoms with van der Waals surface area (Å²) in [6.45, 7) is 3.87. The van der Waals surface area contributed by atoms with Gasteiger partial charge in [-0.05, 0) is 18.1 Å². The van der Waals surface area contributed by atoms with Crippen molar-refractivity contribution in [3.8, 4) is 11.3 Å². The Balaban J connectivity index is 1.99. The highest BCUT2D eigenvalue weighted by Gasteiger charge is 2.15. The molecule has 0 aliphatic carbocycles. The van der Waals surface area contributed by atoms with Crippen molar-refractivity contribution in [2.45, 2.75) is 19.9 Å². The summed E-state index contributed by atoms with van der Waals surface area (Å²) in [5.74, 6) is -0.563. The molecule has 146 valence electrons. The highest BCUT2D eigenvalue weighted by Crippen LogP contribution is 2.25. The van der Waals surface area contributed by atoms with Crippen LogP contribution in [0.15, 0.2) is 54.6 Å². The molecule has 0 spiro atoms. The van der Waals surface area contributed by atoms with E-state index in [1.54, 1.807) is 6.07 Å². The maximum Gasteiger partial charge on any atom is 0.225 e. The van der Waals surface area contributed by atoms with E-state index in [0.29, 0.717) is 17.5 Å². The van der Waals surface area contributed by atoms with E-state index >= 15 is 0 Å². The van der Waals surface area contributed by atoms with Crippen LogP contribution in [0.4, 0.5) is 26.2 Å². The second-order valence-corrected chi connectivity index (χ2v) is 6.75. The van der Waals surface area contributed by atoms with Gasteiger partial charge in [0.25, 0.3) is 0 Å². The molecule has 28 heavy (non-hydrogen) atoms. The van der Waals surface area contributed by atoms with Crippen molar-refractivity contribution in [1.29, 1.82) is 0 Å². The summed E-state index contributed by atoms with van der Waals surface area (Å²) in [4.78, 5) is 8.91. The number of nitrogens with zero attached hydrogens (tertiary/aromatic N) is 2. The fourth-order valence-corrected chi connectivity index (χ4v) is 2.65. The SMILES string of the molecule is CC(C)[C@H](CO)Nc1nc(Nc2ccc(F)cc2F)cc(-c2ccccc2)n1. The van der Waals surface area contributed by atoms with E-state index in [2.05, 4.69) is 20.6 Å². The number of benzene rings is 2. The van der Waals surface area contributed by atoms with Crippen molar-refractivity contribution in [3.05, 3.63) is 66.2 Å². The standard InChI is InChI=1S/C21H22F2N4O/c1-13(2)19(12-28)26-21-25-18(14-6-4-3-5-7-14)11-20(27-21)24-17-9-8-15(22)10-16(17)23/h3-11,13,19,28H,12H2,1-2H3,(H2,24,25,26,27)/t19-/m0/s1. The molecule has 0 bridgehead atoms. The van der Waals surface area contributed by atoms with Gasteiger partial charge in [-0.3, -0.25) is 0 Å². The van der Waals surface area contributed by atoms with E-state index in [9.17, 15) is 13.9 Å². The lowest BCUT2D eigenvalue weighted by Crippen LogP contribution is -2.30. The summed E-state index contributed by atoms with van der Waals surface area (Å²) < 4.78 is 27.2. The quantitative estimate of drug-likeness (QED) is 0.556. The van der Waals surface area contributed by atoms with Crippen molar-refractivity contribution in [3.63, 3.8) is 0 Å². The first kappa shape index (κ1) is 19.7. The number of aromatic nitrogens is 2. The lowest BCUT2D eigenvalue weighted by molar-refractivity contribution is 0.248. The van der Waals surface area contributed by atoms with Crippen molar-refractivity contribution in [2.75, 3.05) is 17.2 Å². The molecule has 0 amide bonds. The first-order valence-electron chi connectivity index (χ1n) is 9.00. The van der Waals surface area contributed by atoms with Gasteiger partial charge in [-0.15, -0.1) is 0 Å². The Morgan fingerprint density at radius 1 is 1.00 bits per heavy atom. The van der Waals surface area contributed by atoms with Crippen molar-refractivity contribution in [1.82, 2.24) is 9.97 Å². The van der Waals surface area contributed by atoms with Crippen LogP contribution in [0.5, 0.6) is 0 Å². The summed E-state index contributed by atoms with van der Waals surface area (Å²) in [7, 11) is 0. The molecule has 0 radical (unpaired) electrons. The molecule has 1 heterocycles. The molecule has 0 unspecified atom stereocenters. The van der Waals surface area contributed by atoms with Gasteiger partial charge in [-0.1, -0.05) is 44.2 Å². The third kappa shape index (κ3) is 4.80. The Labute approximate surface area is 162 Å². The van der Waals surface area contributed by atoms with Crippen molar-refractivity contribution >= 4 is 17.5 Å². The molecule has 0 aliphatic rings. The van der Waals surface area contributed by atoms with Gasteiger partial charge < -0.3 is 15.7 Å². The maximum absolute atomic E-state index is 14.0. The third-order valence-electron chi connectivity index (χ3n) is 4.31. The van der Waals surface area contributed by atoms with E-state index in [4.69, 9.17) is 0 Å². The molecule has 2 aromatic carbocycles. The molecule has 7 heteroatoms. The van der Waals surface area contributed by atoms with E-state index in [-0.39, 0.29) is 24.3 Å². The Morgan fingerprint density at radius 3 is 2.39 bits per heavy atom. The molecule has 0 aliphatic heterocycles. The van der Waals surface area contributed by atoms with Crippen LogP contribution < -0.4 is 10.6 Å². The first-order chi connectivity index (χ1) is 13.5. The van der Waals surface area contributed by atoms with Gasteiger partial charge >= 0.3 is 0 Å². The molecule has 3 aromatic rings. The van der Waals surface area contributed by atoms with Gasteiger partial charge in [0, 0.05) is 17.7 Å². The predicted octanol–water partition coefficient (Wildman–Crippen LogP) is 4.59. The monoisotopic (exact) mass is 384 g/mol. The lowest BCUT2D eigenvalue weighted by Gasteiger charge is -2.20. The van der Waals surface area contributed by atoms with E-state index < -0.39 is 11.6 Å². The maximum atomic E-state index is 14.0. The Bertz CT molecular complexity index is 935. The number of halogens is 2. The van der Waals surface area contributed by atoms with Crippen LogP contribution in [0.2, 0.25) is 0 Å². The molecule has 0 saturated carbocycles.